The molecule has 4 rings (SSSR count). The number of benzene rings is 1. The van der Waals surface area contributed by atoms with Crippen LogP contribution in [0, 0.1) is 0 Å². The van der Waals surface area contributed by atoms with E-state index in [1.807, 2.05) is 18.2 Å². The molecule has 1 aromatic heterocycles. The van der Waals surface area contributed by atoms with Gasteiger partial charge in [-0.15, -0.1) is 5.10 Å². The van der Waals surface area contributed by atoms with Crippen LogP contribution < -0.4 is 20.1 Å². The highest BCUT2D eigenvalue weighted by Gasteiger charge is 2.28. The molecule has 0 bridgehead atoms. The third-order valence-electron chi connectivity index (χ3n) is 3.94. The normalized spacial score (nSPS) is 20.9. The van der Waals surface area contributed by atoms with Crippen LogP contribution in [-0.4, -0.2) is 54.4 Å². The fourth-order valence-corrected chi connectivity index (χ4v) is 4.46. The molecule has 132 valence electrons. The van der Waals surface area contributed by atoms with Gasteiger partial charge in [0.25, 0.3) is 0 Å². The fraction of sp³-hybridized carbons (Fsp3) is 0.400. The van der Waals surface area contributed by atoms with E-state index in [0.717, 1.165) is 5.69 Å². The maximum Gasteiger partial charge on any atom is 0.244 e. The summed E-state index contributed by atoms with van der Waals surface area (Å²) in [5.41, 5.74) is 0.777. The van der Waals surface area contributed by atoms with Crippen LogP contribution in [-0.2, 0) is 9.84 Å². The van der Waals surface area contributed by atoms with Crippen molar-refractivity contribution in [3.05, 3.63) is 24.4 Å². The van der Waals surface area contributed by atoms with Crippen LogP contribution in [0.3, 0.4) is 0 Å². The van der Waals surface area contributed by atoms with E-state index in [0.29, 0.717) is 42.9 Å². The smallest absolute Gasteiger partial charge is 0.244 e. The summed E-state index contributed by atoms with van der Waals surface area (Å²) in [4.78, 5) is 4.33. The minimum absolute atomic E-state index is 0.0934. The van der Waals surface area contributed by atoms with Crippen LogP contribution in [0.5, 0.6) is 11.5 Å². The van der Waals surface area contributed by atoms with Gasteiger partial charge in [-0.2, -0.15) is 10.1 Å². The second kappa shape index (κ2) is 6.36. The first-order valence-corrected chi connectivity index (χ1v) is 9.73. The molecule has 1 atom stereocenters. The fourth-order valence-electron chi connectivity index (χ4n) is 2.79. The van der Waals surface area contributed by atoms with Gasteiger partial charge >= 0.3 is 0 Å². The van der Waals surface area contributed by atoms with E-state index >= 15 is 0 Å². The molecule has 1 aromatic carbocycles. The van der Waals surface area contributed by atoms with E-state index in [1.165, 1.54) is 6.20 Å². The largest absolute Gasteiger partial charge is 0.486 e. The molecule has 0 aliphatic carbocycles. The molecule has 2 aliphatic rings. The second-order valence-electron chi connectivity index (χ2n) is 5.89. The van der Waals surface area contributed by atoms with Crippen molar-refractivity contribution in [2.24, 2.45) is 0 Å². The molecule has 2 N–H and O–H groups in total. The van der Waals surface area contributed by atoms with Crippen LogP contribution in [0.4, 0.5) is 17.5 Å². The van der Waals surface area contributed by atoms with Crippen molar-refractivity contribution in [3.8, 4) is 11.5 Å². The molecule has 2 aromatic rings. The SMILES string of the molecule is O=S1(=O)CCC(Nc2nncc(Nc3ccc4c(c3)OCCO4)n2)C1. The maximum atomic E-state index is 11.5. The number of hydrogen-bond donors (Lipinski definition) is 2. The zero-order valence-electron chi connectivity index (χ0n) is 13.3. The summed E-state index contributed by atoms with van der Waals surface area (Å²) in [6.07, 6.45) is 2.04. The Morgan fingerprint density at radius 1 is 1.16 bits per heavy atom. The Bertz CT molecular complexity index is 889. The van der Waals surface area contributed by atoms with Crippen molar-refractivity contribution >= 4 is 27.3 Å². The zero-order chi connectivity index (χ0) is 17.3. The van der Waals surface area contributed by atoms with E-state index in [1.54, 1.807) is 0 Å². The number of anilines is 3. The Kier molecular flexibility index (Phi) is 4.04. The van der Waals surface area contributed by atoms with Crippen LogP contribution in [0.15, 0.2) is 24.4 Å². The Morgan fingerprint density at radius 3 is 2.80 bits per heavy atom. The number of sulfone groups is 1. The van der Waals surface area contributed by atoms with E-state index in [9.17, 15) is 8.42 Å². The van der Waals surface area contributed by atoms with E-state index in [-0.39, 0.29) is 17.5 Å². The number of aromatic nitrogens is 3. The van der Waals surface area contributed by atoms with Gasteiger partial charge in [0.1, 0.15) is 13.2 Å². The van der Waals surface area contributed by atoms with Gasteiger partial charge in [0.15, 0.2) is 27.2 Å². The molecular formula is C15H17N5O4S. The first kappa shape index (κ1) is 15.9. The van der Waals surface area contributed by atoms with Crippen LogP contribution in [0.1, 0.15) is 6.42 Å². The molecule has 0 saturated carbocycles. The molecule has 1 fully saturated rings. The number of rotatable bonds is 4. The molecule has 1 saturated heterocycles. The summed E-state index contributed by atoms with van der Waals surface area (Å²) in [6, 6.07) is 5.32. The van der Waals surface area contributed by atoms with Gasteiger partial charge in [0.2, 0.25) is 5.95 Å². The number of hydrogen-bond acceptors (Lipinski definition) is 9. The van der Waals surface area contributed by atoms with Crippen molar-refractivity contribution in [1.82, 2.24) is 15.2 Å². The minimum atomic E-state index is -2.96. The lowest BCUT2D eigenvalue weighted by molar-refractivity contribution is 0.171. The Hall–Kier alpha value is -2.62. The average Bonchev–Trinajstić information content (AvgIpc) is 2.93. The van der Waals surface area contributed by atoms with Crippen molar-refractivity contribution in [2.75, 3.05) is 35.4 Å². The summed E-state index contributed by atoms with van der Waals surface area (Å²) in [5.74, 6) is 2.46. The van der Waals surface area contributed by atoms with Gasteiger partial charge in [-0.1, -0.05) is 0 Å². The van der Waals surface area contributed by atoms with Crippen molar-refractivity contribution < 1.29 is 17.9 Å². The van der Waals surface area contributed by atoms with Gasteiger partial charge in [-0.05, 0) is 18.6 Å². The Balaban J connectivity index is 1.46. The summed E-state index contributed by atoms with van der Waals surface area (Å²) in [6.45, 7) is 1.06. The molecule has 3 heterocycles. The second-order valence-corrected chi connectivity index (χ2v) is 8.12. The third kappa shape index (κ3) is 3.73. The summed E-state index contributed by atoms with van der Waals surface area (Å²) in [7, 11) is -2.96. The highest BCUT2D eigenvalue weighted by molar-refractivity contribution is 7.91. The van der Waals surface area contributed by atoms with Crippen molar-refractivity contribution in [2.45, 2.75) is 12.5 Å². The number of ether oxygens (including phenoxy) is 2. The quantitative estimate of drug-likeness (QED) is 0.820. The minimum Gasteiger partial charge on any atom is -0.486 e. The lowest BCUT2D eigenvalue weighted by Gasteiger charge is -2.19. The highest BCUT2D eigenvalue weighted by Crippen LogP contribution is 2.33. The number of fused-ring (bicyclic) bond motifs is 1. The van der Waals surface area contributed by atoms with Crippen LogP contribution in [0.25, 0.3) is 0 Å². The van der Waals surface area contributed by atoms with Crippen LogP contribution in [0.2, 0.25) is 0 Å². The van der Waals surface area contributed by atoms with Crippen molar-refractivity contribution in [3.63, 3.8) is 0 Å². The Labute approximate surface area is 144 Å². The number of nitrogens with zero attached hydrogens (tertiary/aromatic N) is 3. The molecule has 0 spiro atoms. The molecule has 10 heteroatoms. The zero-order valence-corrected chi connectivity index (χ0v) is 14.1. The monoisotopic (exact) mass is 363 g/mol. The van der Waals surface area contributed by atoms with E-state index in [2.05, 4.69) is 25.8 Å². The van der Waals surface area contributed by atoms with Gasteiger partial charge in [0.05, 0.1) is 17.7 Å². The lowest BCUT2D eigenvalue weighted by Crippen LogP contribution is -2.22. The molecule has 1 unspecified atom stereocenters. The predicted molar refractivity (Wildman–Crippen MR) is 91.2 cm³/mol. The molecule has 9 nitrogen and oxygen atoms in total. The molecule has 25 heavy (non-hydrogen) atoms. The highest BCUT2D eigenvalue weighted by atomic mass is 32.2. The molecule has 0 radical (unpaired) electrons. The first-order valence-electron chi connectivity index (χ1n) is 7.91. The van der Waals surface area contributed by atoms with Gasteiger partial charge in [-0.3, -0.25) is 0 Å². The van der Waals surface area contributed by atoms with Gasteiger partial charge in [-0.25, -0.2) is 8.42 Å². The Morgan fingerprint density at radius 2 is 2.00 bits per heavy atom. The van der Waals surface area contributed by atoms with E-state index in [4.69, 9.17) is 9.47 Å². The standard InChI is InChI=1S/C15H17N5O4S/c21-25(22)6-3-11(9-25)18-15-19-14(8-16-20-15)17-10-1-2-12-13(7-10)24-5-4-23-12/h1-2,7-8,11H,3-6,9H2,(H2,17,18,19,20). The van der Waals surface area contributed by atoms with Crippen molar-refractivity contribution in [1.29, 1.82) is 0 Å². The summed E-state index contributed by atoms with van der Waals surface area (Å²) in [5, 5.41) is 14.0. The lowest BCUT2D eigenvalue weighted by atomic mass is 10.2. The number of nitrogens with one attached hydrogen (secondary N) is 2. The predicted octanol–water partition coefficient (Wildman–Crippen LogP) is 0.985. The van der Waals surface area contributed by atoms with Gasteiger partial charge in [0, 0.05) is 17.8 Å². The average molecular weight is 363 g/mol. The molecule has 2 aliphatic heterocycles. The summed E-state index contributed by atoms with van der Waals surface area (Å²) < 4.78 is 34.1. The molecule has 0 amide bonds. The third-order valence-corrected chi connectivity index (χ3v) is 5.71. The van der Waals surface area contributed by atoms with E-state index < -0.39 is 9.84 Å². The maximum absolute atomic E-state index is 11.5. The van der Waals surface area contributed by atoms with Crippen LogP contribution >= 0.6 is 0 Å². The first-order chi connectivity index (χ1) is 12.1. The van der Waals surface area contributed by atoms with Gasteiger partial charge < -0.3 is 20.1 Å². The topological polar surface area (TPSA) is 115 Å². The molecular weight excluding hydrogens is 346 g/mol. The summed E-state index contributed by atoms with van der Waals surface area (Å²) >= 11 is 0.